The first kappa shape index (κ1) is 25.3. The maximum Gasteiger partial charge on any atom is 0.338 e. The summed E-state index contributed by atoms with van der Waals surface area (Å²) in [6.07, 6.45) is 3.61. The van der Waals surface area contributed by atoms with Gasteiger partial charge in [-0.05, 0) is 55.0 Å². The topological polar surface area (TPSA) is 115 Å². The van der Waals surface area contributed by atoms with Crippen LogP contribution in [0.25, 0.3) is 6.08 Å². The second-order valence-corrected chi connectivity index (χ2v) is 6.92. The lowest BCUT2D eigenvalue weighted by molar-refractivity contribution is -0.123. The molecule has 0 aliphatic rings. The first-order valence-electron chi connectivity index (χ1n) is 10.0. The Bertz CT molecular complexity index is 1010. The molecule has 0 atom stereocenters. The van der Waals surface area contributed by atoms with E-state index < -0.39 is 17.8 Å². The summed E-state index contributed by atoms with van der Waals surface area (Å²) >= 11 is 4.97. The van der Waals surface area contributed by atoms with Crippen molar-refractivity contribution in [1.29, 1.82) is 0 Å². The van der Waals surface area contributed by atoms with Gasteiger partial charge in [-0.25, -0.2) is 4.79 Å². The summed E-state index contributed by atoms with van der Waals surface area (Å²) in [7, 11) is 1.54. The van der Waals surface area contributed by atoms with Gasteiger partial charge in [-0.15, -0.1) is 0 Å². The third-order valence-electron chi connectivity index (χ3n) is 4.00. The van der Waals surface area contributed by atoms with Crippen LogP contribution >= 0.6 is 12.2 Å². The molecular weight excluding hydrogens is 446 g/mol. The van der Waals surface area contributed by atoms with Crippen molar-refractivity contribution in [3.63, 3.8) is 0 Å². The fourth-order valence-electron chi connectivity index (χ4n) is 2.43. The number of carbonyl (C=O) groups is 3. The van der Waals surface area contributed by atoms with Crippen molar-refractivity contribution >= 4 is 41.2 Å². The molecule has 0 saturated carbocycles. The Morgan fingerprint density at radius 3 is 2.45 bits per heavy atom. The third-order valence-corrected chi connectivity index (χ3v) is 4.21. The highest BCUT2D eigenvalue weighted by atomic mass is 32.1. The molecule has 0 fully saturated rings. The van der Waals surface area contributed by atoms with E-state index in [9.17, 15) is 14.4 Å². The second kappa shape index (κ2) is 13.5. The van der Waals surface area contributed by atoms with Crippen molar-refractivity contribution < 1.29 is 28.6 Å². The Morgan fingerprint density at radius 2 is 1.76 bits per heavy atom. The normalized spacial score (nSPS) is 10.2. The Morgan fingerprint density at radius 1 is 1.03 bits per heavy atom. The molecule has 2 aromatic rings. The number of methoxy groups -OCH3 is 1. The van der Waals surface area contributed by atoms with E-state index in [0.29, 0.717) is 23.7 Å². The minimum Gasteiger partial charge on any atom is -0.496 e. The largest absolute Gasteiger partial charge is 0.496 e. The number of thiocarbonyl (C=S) groups is 1. The third kappa shape index (κ3) is 8.99. The SMILES string of the molecule is CCCOC(=O)c1ccc(OCC(=O)NNC(=S)NC(=O)C=Cc2ccccc2OC)cc1. The molecule has 0 saturated heterocycles. The van der Waals surface area contributed by atoms with E-state index in [1.807, 2.05) is 19.1 Å². The number of ether oxygens (including phenoxy) is 3. The zero-order valence-corrected chi connectivity index (χ0v) is 19.1. The quantitative estimate of drug-likeness (QED) is 0.221. The number of benzene rings is 2. The average molecular weight is 472 g/mol. The summed E-state index contributed by atoms with van der Waals surface area (Å²) in [6, 6.07) is 13.4. The fourth-order valence-corrected chi connectivity index (χ4v) is 2.58. The first-order chi connectivity index (χ1) is 15.9. The van der Waals surface area contributed by atoms with Crippen LogP contribution in [0.5, 0.6) is 11.5 Å². The molecule has 0 bridgehead atoms. The maximum absolute atomic E-state index is 12.0. The lowest BCUT2D eigenvalue weighted by Crippen LogP contribution is -2.49. The van der Waals surface area contributed by atoms with Crippen LogP contribution in [0.4, 0.5) is 0 Å². The van der Waals surface area contributed by atoms with E-state index in [-0.39, 0.29) is 11.7 Å². The number of hydrogen-bond donors (Lipinski definition) is 3. The molecule has 0 aromatic heterocycles. The van der Waals surface area contributed by atoms with Gasteiger partial charge in [-0.1, -0.05) is 25.1 Å². The average Bonchev–Trinajstić information content (AvgIpc) is 2.83. The zero-order valence-electron chi connectivity index (χ0n) is 18.3. The second-order valence-electron chi connectivity index (χ2n) is 6.52. The van der Waals surface area contributed by atoms with Gasteiger partial charge in [0.1, 0.15) is 11.5 Å². The Labute approximate surface area is 197 Å². The predicted octanol–water partition coefficient (Wildman–Crippen LogP) is 2.38. The van der Waals surface area contributed by atoms with Crippen LogP contribution in [0.15, 0.2) is 54.6 Å². The van der Waals surface area contributed by atoms with E-state index in [1.54, 1.807) is 42.5 Å². The van der Waals surface area contributed by atoms with Gasteiger partial charge in [-0.2, -0.15) is 0 Å². The van der Waals surface area contributed by atoms with E-state index in [4.69, 9.17) is 26.4 Å². The number of rotatable bonds is 9. The van der Waals surface area contributed by atoms with Crippen LogP contribution in [-0.2, 0) is 14.3 Å². The molecule has 10 heteroatoms. The highest BCUT2D eigenvalue weighted by molar-refractivity contribution is 7.80. The monoisotopic (exact) mass is 471 g/mol. The molecule has 0 aliphatic heterocycles. The minimum atomic E-state index is -0.525. The highest BCUT2D eigenvalue weighted by Gasteiger charge is 2.08. The molecule has 0 unspecified atom stereocenters. The number of esters is 1. The molecule has 2 aromatic carbocycles. The lowest BCUT2D eigenvalue weighted by Gasteiger charge is -2.11. The number of carbonyl (C=O) groups excluding carboxylic acids is 3. The summed E-state index contributed by atoms with van der Waals surface area (Å²) in [4.78, 5) is 35.6. The molecule has 33 heavy (non-hydrogen) atoms. The van der Waals surface area contributed by atoms with Crippen LogP contribution in [0.1, 0.15) is 29.3 Å². The maximum atomic E-state index is 12.0. The fraction of sp³-hybridized carbons (Fsp3) is 0.217. The van der Waals surface area contributed by atoms with Crippen molar-refractivity contribution in [2.24, 2.45) is 0 Å². The van der Waals surface area contributed by atoms with Gasteiger partial charge in [-0.3, -0.25) is 25.8 Å². The summed E-state index contributed by atoms with van der Waals surface area (Å²) < 4.78 is 15.6. The molecule has 0 heterocycles. The molecular formula is C23H25N3O6S. The molecule has 3 N–H and O–H groups in total. The molecule has 0 spiro atoms. The predicted molar refractivity (Wildman–Crippen MR) is 127 cm³/mol. The van der Waals surface area contributed by atoms with Crippen molar-refractivity contribution in [2.45, 2.75) is 13.3 Å². The smallest absolute Gasteiger partial charge is 0.338 e. The molecule has 174 valence electrons. The number of nitrogens with one attached hydrogen (secondary N) is 3. The Balaban J connectivity index is 1.71. The van der Waals surface area contributed by atoms with Crippen LogP contribution < -0.4 is 25.6 Å². The van der Waals surface area contributed by atoms with E-state index in [1.165, 1.54) is 13.2 Å². The van der Waals surface area contributed by atoms with Crippen LogP contribution in [0.3, 0.4) is 0 Å². The van der Waals surface area contributed by atoms with Crippen LogP contribution in [0, 0.1) is 0 Å². The number of hydrazine groups is 1. The summed E-state index contributed by atoms with van der Waals surface area (Å²) in [6.45, 7) is 1.95. The van der Waals surface area contributed by atoms with E-state index >= 15 is 0 Å². The van der Waals surface area contributed by atoms with Gasteiger partial charge in [0, 0.05) is 11.6 Å². The van der Waals surface area contributed by atoms with Crippen molar-refractivity contribution in [3.05, 3.63) is 65.7 Å². The van der Waals surface area contributed by atoms with Crippen molar-refractivity contribution in [3.8, 4) is 11.5 Å². The Kier molecular flexibility index (Phi) is 10.4. The minimum absolute atomic E-state index is 0.0898. The van der Waals surface area contributed by atoms with E-state index in [0.717, 1.165) is 12.0 Å². The van der Waals surface area contributed by atoms with Gasteiger partial charge in [0.15, 0.2) is 11.7 Å². The molecule has 9 nitrogen and oxygen atoms in total. The summed E-state index contributed by atoms with van der Waals surface area (Å²) in [5, 5.41) is 2.31. The zero-order chi connectivity index (χ0) is 24.1. The molecule has 2 amide bonds. The standard InChI is InChI=1S/C23H25N3O6S/c1-3-14-31-22(29)17-8-11-18(12-9-17)32-15-21(28)25-26-23(33)24-20(27)13-10-16-6-4-5-7-19(16)30-2/h4-13H,3,14-15H2,1-2H3,(H,25,28)(H2,24,26,27,33). The molecule has 2 rings (SSSR count). The number of amides is 2. The van der Waals surface area contributed by atoms with Crippen molar-refractivity contribution in [2.75, 3.05) is 20.3 Å². The number of hydrogen-bond acceptors (Lipinski definition) is 7. The lowest BCUT2D eigenvalue weighted by atomic mass is 10.2. The Hall–Kier alpha value is -3.92. The van der Waals surface area contributed by atoms with E-state index in [2.05, 4.69) is 16.2 Å². The van der Waals surface area contributed by atoms with Crippen LogP contribution in [0.2, 0.25) is 0 Å². The van der Waals surface area contributed by atoms with Gasteiger partial charge in [0.2, 0.25) is 5.91 Å². The highest BCUT2D eigenvalue weighted by Crippen LogP contribution is 2.18. The van der Waals surface area contributed by atoms with Gasteiger partial charge in [0.05, 0.1) is 19.3 Å². The molecule has 0 aliphatic carbocycles. The van der Waals surface area contributed by atoms with Gasteiger partial charge >= 0.3 is 5.97 Å². The van der Waals surface area contributed by atoms with Gasteiger partial charge in [0.25, 0.3) is 5.91 Å². The summed E-state index contributed by atoms with van der Waals surface area (Å²) in [5.74, 6) is -0.405. The number of para-hydroxylation sites is 1. The molecule has 0 radical (unpaired) electrons. The first-order valence-corrected chi connectivity index (χ1v) is 10.4. The summed E-state index contributed by atoms with van der Waals surface area (Å²) in [5.41, 5.74) is 5.85. The van der Waals surface area contributed by atoms with Gasteiger partial charge < -0.3 is 14.2 Å². The van der Waals surface area contributed by atoms with Crippen LogP contribution in [-0.4, -0.2) is 43.2 Å². The van der Waals surface area contributed by atoms with Crippen molar-refractivity contribution in [1.82, 2.24) is 16.2 Å².